The van der Waals surface area contributed by atoms with Crippen LogP contribution in [0.5, 0.6) is 0 Å². The molecule has 0 saturated heterocycles. The number of nitrogens with zero attached hydrogens (tertiary/aromatic N) is 2. The van der Waals surface area contributed by atoms with Crippen molar-refractivity contribution in [2.24, 2.45) is 5.92 Å². The van der Waals surface area contributed by atoms with Gasteiger partial charge in [0.15, 0.2) is 0 Å². The van der Waals surface area contributed by atoms with Crippen molar-refractivity contribution in [3.8, 4) is 11.4 Å². The molecule has 1 aromatic carbocycles. The minimum atomic E-state index is -0.336. The van der Waals surface area contributed by atoms with E-state index in [-0.39, 0.29) is 35.4 Å². The molecule has 1 aliphatic rings. The second-order valence-electron chi connectivity index (χ2n) is 8.62. The van der Waals surface area contributed by atoms with Crippen LogP contribution in [0.15, 0.2) is 61.3 Å². The highest BCUT2D eigenvalue weighted by Gasteiger charge is 2.28. The summed E-state index contributed by atoms with van der Waals surface area (Å²) in [5.74, 6) is -0.793. The summed E-state index contributed by atoms with van der Waals surface area (Å²) in [4.78, 5) is 41.6. The van der Waals surface area contributed by atoms with Crippen molar-refractivity contribution in [3.63, 3.8) is 0 Å². The van der Waals surface area contributed by atoms with E-state index in [1.807, 2.05) is 6.92 Å². The van der Waals surface area contributed by atoms with E-state index in [1.165, 1.54) is 6.08 Å². The number of H-pyrrole nitrogens is 1. The van der Waals surface area contributed by atoms with Gasteiger partial charge in [-0.3, -0.25) is 19.5 Å². The monoisotopic (exact) mass is 472 g/mol. The molecule has 2 unspecified atom stereocenters. The summed E-state index contributed by atoms with van der Waals surface area (Å²) in [6, 6.07) is 12.3. The second kappa shape index (κ2) is 10.8. The van der Waals surface area contributed by atoms with Gasteiger partial charge in [0, 0.05) is 29.5 Å². The Morgan fingerprint density at radius 2 is 1.97 bits per heavy atom. The van der Waals surface area contributed by atoms with Gasteiger partial charge in [-0.25, -0.2) is 4.98 Å². The van der Waals surface area contributed by atoms with E-state index in [0.29, 0.717) is 23.5 Å². The Labute approximate surface area is 203 Å². The lowest BCUT2D eigenvalue weighted by atomic mass is 9.85. The van der Waals surface area contributed by atoms with Gasteiger partial charge in [0.1, 0.15) is 5.69 Å². The molecule has 0 bridgehead atoms. The van der Waals surface area contributed by atoms with E-state index in [9.17, 15) is 14.4 Å². The molecule has 180 valence electrons. The molecule has 0 spiro atoms. The normalized spacial score (nSPS) is 17.3. The molecule has 1 aliphatic carbocycles. The van der Waals surface area contributed by atoms with Gasteiger partial charge in [-0.05, 0) is 74.2 Å². The summed E-state index contributed by atoms with van der Waals surface area (Å²) in [7, 11) is 0. The summed E-state index contributed by atoms with van der Waals surface area (Å²) in [5.41, 5.74) is 3.74. The topological polar surface area (TPSA) is 129 Å². The Bertz CT molecular complexity index is 1240. The van der Waals surface area contributed by atoms with Crippen molar-refractivity contribution in [2.45, 2.75) is 38.6 Å². The Hall–Kier alpha value is -4.27. The van der Waals surface area contributed by atoms with Gasteiger partial charge in [-0.15, -0.1) is 0 Å². The predicted octanol–water partition coefficient (Wildman–Crippen LogP) is 3.83. The van der Waals surface area contributed by atoms with Gasteiger partial charge in [0.25, 0.3) is 5.91 Å². The maximum absolute atomic E-state index is 12.9. The molecule has 9 nitrogen and oxygen atoms in total. The zero-order valence-corrected chi connectivity index (χ0v) is 19.5. The lowest BCUT2D eigenvalue weighted by Crippen LogP contribution is -2.40. The number of hydrogen-bond donors (Lipinski definition) is 4. The average molecular weight is 473 g/mol. The van der Waals surface area contributed by atoms with Crippen LogP contribution in [0.1, 0.15) is 41.7 Å². The van der Waals surface area contributed by atoms with Crippen molar-refractivity contribution in [1.82, 2.24) is 20.5 Å². The van der Waals surface area contributed by atoms with E-state index >= 15 is 0 Å². The number of aromatic nitrogens is 3. The molecule has 1 fully saturated rings. The van der Waals surface area contributed by atoms with Crippen LogP contribution in [0.25, 0.3) is 11.4 Å². The van der Waals surface area contributed by atoms with Crippen molar-refractivity contribution in [1.29, 1.82) is 0 Å². The van der Waals surface area contributed by atoms with Crippen molar-refractivity contribution >= 4 is 29.1 Å². The van der Waals surface area contributed by atoms with Gasteiger partial charge in [0.2, 0.25) is 11.8 Å². The highest BCUT2D eigenvalue weighted by molar-refractivity contribution is 6.03. The molecule has 3 amide bonds. The molecule has 35 heavy (non-hydrogen) atoms. The quantitative estimate of drug-likeness (QED) is 0.389. The first kappa shape index (κ1) is 23.9. The van der Waals surface area contributed by atoms with Crippen LogP contribution < -0.4 is 16.0 Å². The summed E-state index contributed by atoms with van der Waals surface area (Å²) in [6.07, 6.45) is 5.99. The van der Waals surface area contributed by atoms with Crippen LogP contribution >= 0.6 is 0 Å². The highest BCUT2D eigenvalue weighted by atomic mass is 16.2. The lowest BCUT2D eigenvalue weighted by Gasteiger charge is -2.29. The third-order valence-corrected chi connectivity index (χ3v) is 6.08. The molecular formula is C26H28N6O3. The highest BCUT2D eigenvalue weighted by Crippen LogP contribution is 2.27. The minimum Gasteiger partial charge on any atom is -0.350 e. The maximum atomic E-state index is 12.9. The molecule has 0 aliphatic heterocycles. The molecule has 0 radical (unpaired) electrons. The number of rotatable bonds is 7. The van der Waals surface area contributed by atoms with Crippen molar-refractivity contribution in [3.05, 3.63) is 72.6 Å². The van der Waals surface area contributed by atoms with E-state index in [0.717, 1.165) is 30.5 Å². The number of carbonyl (C=O) groups excluding carboxylic acids is 3. The number of benzene rings is 1. The Balaban J connectivity index is 1.37. The number of nitrogens with one attached hydrogen (secondary N) is 4. The van der Waals surface area contributed by atoms with E-state index in [4.69, 9.17) is 0 Å². The molecule has 2 atom stereocenters. The minimum absolute atomic E-state index is 0.0240. The first-order valence-corrected chi connectivity index (χ1v) is 11.6. The number of anilines is 2. The van der Waals surface area contributed by atoms with Gasteiger partial charge in [0.05, 0.1) is 11.4 Å². The Morgan fingerprint density at radius 3 is 2.71 bits per heavy atom. The fourth-order valence-corrected chi connectivity index (χ4v) is 4.24. The Kier molecular flexibility index (Phi) is 7.35. The first-order chi connectivity index (χ1) is 16.9. The van der Waals surface area contributed by atoms with Crippen molar-refractivity contribution in [2.75, 3.05) is 10.6 Å². The summed E-state index contributed by atoms with van der Waals surface area (Å²) in [5, 5.41) is 15.5. The third kappa shape index (κ3) is 6.00. The fourth-order valence-electron chi connectivity index (χ4n) is 4.24. The van der Waals surface area contributed by atoms with Crippen LogP contribution in [-0.2, 0) is 9.59 Å². The number of aromatic amines is 1. The molecular weight excluding hydrogens is 444 g/mol. The number of carbonyl (C=O) groups is 3. The Morgan fingerprint density at radius 1 is 1.11 bits per heavy atom. The molecule has 9 heteroatoms. The van der Waals surface area contributed by atoms with E-state index < -0.39 is 0 Å². The van der Waals surface area contributed by atoms with Crippen LogP contribution in [-0.4, -0.2) is 38.9 Å². The zero-order chi connectivity index (χ0) is 24.8. The number of amides is 3. The first-order valence-electron chi connectivity index (χ1n) is 11.6. The second-order valence-corrected chi connectivity index (χ2v) is 8.62. The average Bonchev–Trinajstić information content (AvgIpc) is 3.41. The lowest BCUT2D eigenvalue weighted by molar-refractivity contribution is -0.122. The number of hydrogen-bond acceptors (Lipinski definition) is 5. The van der Waals surface area contributed by atoms with Crippen LogP contribution in [0, 0.1) is 12.8 Å². The molecule has 2 aromatic heterocycles. The third-order valence-electron chi connectivity index (χ3n) is 6.08. The largest absolute Gasteiger partial charge is 0.350 e. The van der Waals surface area contributed by atoms with Crippen molar-refractivity contribution < 1.29 is 14.4 Å². The summed E-state index contributed by atoms with van der Waals surface area (Å²) >= 11 is 0. The molecule has 1 saturated carbocycles. The van der Waals surface area contributed by atoms with Crippen LogP contribution in [0.2, 0.25) is 0 Å². The van der Waals surface area contributed by atoms with Crippen LogP contribution in [0.4, 0.5) is 11.4 Å². The van der Waals surface area contributed by atoms with Gasteiger partial charge >= 0.3 is 0 Å². The molecule has 3 aromatic rings. The molecule has 2 heterocycles. The standard InChI is InChI=1S/C26H28N6O3/c1-3-24(33)28-18-7-4-6-17(15-18)25(34)31-20-11-10-19(14-16(20)2)29-26(35)23-9-5-8-21(30-23)22-12-13-27-32-22/h3,5,8-14,17-18H,1,4,6-7,15H2,2H3,(H,27,32)(H,28,33)(H,29,35)(H,31,34). The number of pyridine rings is 1. The molecule has 4 rings (SSSR count). The van der Waals surface area contributed by atoms with Crippen LogP contribution in [0.3, 0.4) is 0 Å². The number of aryl methyl sites for hydroxylation is 1. The van der Waals surface area contributed by atoms with Gasteiger partial charge in [-0.2, -0.15) is 5.10 Å². The fraction of sp³-hybridized carbons (Fsp3) is 0.269. The maximum Gasteiger partial charge on any atom is 0.274 e. The smallest absolute Gasteiger partial charge is 0.274 e. The van der Waals surface area contributed by atoms with Gasteiger partial charge < -0.3 is 16.0 Å². The summed E-state index contributed by atoms with van der Waals surface area (Å²) < 4.78 is 0. The predicted molar refractivity (Wildman–Crippen MR) is 134 cm³/mol. The van der Waals surface area contributed by atoms with Gasteiger partial charge in [-0.1, -0.05) is 19.1 Å². The van der Waals surface area contributed by atoms with E-state index in [1.54, 1.807) is 48.7 Å². The summed E-state index contributed by atoms with van der Waals surface area (Å²) in [6.45, 7) is 5.35. The molecule has 4 N–H and O–H groups in total. The zero-order valence-electron chi connectivity index (χ0n) is 19.5. The van der Waals surface area contributed by atoms with E-state index in [2.05, 4.69) is 37.7 Å². The SMILES string of the molecule is C=CC(=O)NC1CCCC(C(=O)Nc2ccc(NC(=O)c3cccc(-c4ccn[nH]4)n3)cc2C)C1.